The molecule has 32 heavy (non-hydrogen) atoms. The maximum atomic E-state index is 12.3. The number of rotatable bonds is 8. The van der Waals surface area contributed by atoms with Gasteiger partial charge in [-0.15, -0.1) is 24.0 Å². The number of guanidine groups is 1. The summed E-state index contributed by atoms with van der Waals surface area (Å²) in [6.07, 6.45) is 0.935. The molecule has 7 heteroatoms. The largest absolute Gasteiger partial charge is 0.489 e. The number of aliphatic imine (C=N–C) groups is 1. The van der Waals surface area contributed by atoms with Gasteiger partial charge in [0.25, 0.3) is 0 Å². The van der Waals surface area contributed by atoms with E-state index in [-0.39, 0.29) is 41.8 Å². The van der Waals surface area contributed by atoms with Crippen molar-refractivity contribution in [1.29, 1.82) is 0 Å². The smallest absolute Gasteiger partial charge is 0.225 e. The Morgan fingerprint density at radius 3 is 2.50 bits per heavy atom. The number of carbonyl (C=O) groups excluding carboxylic acids is 1. The molecule has 0 radical (unpaired) electrons. The van der Waals surface area contributed by atoms with Gasteiger partial charge in [0.15, 0.2) is 5.96 Å². The van der Waals surface area contributed by atoms with Crippen molar-refractivity contribution >= 4 is 35.8 Å². The van der Waals surface area contributed by atoms with E-state index in [0.717, 1.165) is 48.9 Å². The van der Waals surface area contributed by atoms with Crippen LogP contribution < -0.4 is 15.4 Å². The number of nitrogens with zero attached hydrogens (tertiary/aromatic N) is 2. The molecule has 1 unspecified atom stereocenters. The van der Waals surface area contributed by atoms with E-state index >= 15 is 0 Å². The molecule has 0 spiro atoms. The van der Waals surface area contributed by atoms with Crippen LogP contribution in [-0.2, 0) is 17.9 Å². The number of hydrogen-bond acceptors (Lipinski definition) is 3. The van der Waals surface area contributed by atoms with Crippen LogP contribution in [0.1, 0.15) is 38.3 Å². The minimum absolute atomic E-state index is 0. The Labute approximate surface area is 208 Å². The normalized spacial score (nSPS) is 15.9. The van der Waals surface area contributed by atoms with Gasteiger partial charge < -0.3 is 20.3 Å². The van der Waals surface area contributed by atoms with Gasteiger partial charge in [0.1, 0.15) is 12.4 Å². The zero-order valence-electron chi connectivity index (χ0n) is 19.2. The second-order valence-electron chi connectivity index (χ2n) is 8.13. The van der Waals surface area contributed by atoms with E-state index < -0.39 is 0 Å². The molecule has 3 rings (SSSR count). The third-order valence-corrected chi connectivity index (χ3v) is 5.34. The summed E-state index contributed by atoms with van der Waals surface area (Å²) in [5.41, 5.74) is 2.26. The van der Waals surface area contributed by atoms with E-state index in [9.17, 15) is 4.79 Å². The van der Waals surface area contributed by atoms with Gasteiger partial charge in [-0.1, -0.05) is 56.3 Å². The van der Waals surface area contributed by atoms with Crippen LogP contribution in [0.3, 0.4) is 0 Å². The summed E-state index contributed by atoms with van der Waals surface area (Å²) >= 11 is 0. The molecule has 0 aliphatic carbocycles. The predicted molar refractivity (Wildman–Crippen MR) is 140 cm³/mol. The number of benzene rings is 2. The summed E-state index contributed by atoms with van der Waals surface area (Å²) in [6, 6.07) is 18.3. The molecule has 1 aliphatic rings. The van der Waals surface area contributed by atoms with Crippen LogP contribution in [0.5, 0.6) is 5.75 Å². The molecule has 1 amide bonds. The lowest BCUT2D eigenvalue weighted by Crippen LogP contribution is -2.45. The number of amides is 1. The Morgan fingerprint density at radius 1 is 1.12 bits per heavy atom. The highest BCUT2D eigenvalue weighted by atomic mass is 127. The van der Waals surface area contributed by atoms with Crippen LogP contribution in [0.4, 0.5) is 0 Å². The molecular formula is C25H35IN4O2. The molecule has 2 aromatic rings. The number of halogens is 1. The van der Waals surface area contributed by atoms with Crippen molar-refractivity contribution in [3.8, 4) is 5.75 Å². The zero-order valence-corrected chi connectivity index (χ0v) is 21.5. The van der Waals surface area contributed by atoms with Crippen LogP contribution in [0.2, 0.25) is 0 Å². The van der Waals surface area contributed by atoms with Crippen molar-refractivity contribution in [3.63, 3.8) is 0 Å². The first kappa shape index (κ1) is 26.0. The average molecular weight is 550 g/mol. The predicted octanol–water partition coefficient (Wildman–Crippen LogP) is 4.20. The first-order valence-electron chi connectivity index (χ1n) is 11.1. The Hall–Kier alpha value is -2.29. The summed E-state index contributed by atoms with van der Waals surface area (Å²) in [6.45, 7) is 9.34. The first-order chi connectivity index (χ1) is 15.1. The highest BCUT2D eigenvalue weighted by Gasteiger charge is 2.27. The zero-order chi connectivity index (χ0) is 22.1. The molecule has 6 nitrogen and oxygen atoms in total. The van der Waals surface area contributed by atoms with Gasteiger partial charge in [-0.25, -0.2) is 4.99 Å². The number of para-hydroxylation sites is 1. The maximum absolute atomic E-state index is 12.3. The molecule has 1 fully saturated rings. The third-order valence-electron chi connectivity index (χ3n) is 5.34. The fourth-order valence-corrected chi connectivity index (χ4v) is 3.65. The standard InChI is InChI=1S/C25H34N4O2.HI/c1-4-26-25(28-22-14-15-29(17-22)24(30)19(2)3)27-16-20-10-8-9-11-21(20)18-31-23-12-6-5-7-13-23;/h5-13,19,22H,4,14-18H2,1-3H3,(H2,26,27,28);1H. The van der Waals surface area contributed by atoms with Crippen LogP contribution in [-0.4, -0.2) is 42.4 Å². The lowest BCUT2D eigenvalue weighted by Gasteiger charge is -2.20. The SMILES string of the molecule is CCNC(=NCc1ccccc1COc1ccccc1)NC1CCN(C(=O)C(C)C)C1.I. The van der Waals surface area contributed by atoms with E-state index in [0.29, 0.717) is 13.2 Å². The van der Waals surface area contributed by atoms with E-state index in [1.807, 2.05) is 61.2 Å². The topological polar surface area (TPSA) is 66.0 Å². The van der Waals surface area contributed by atoms with Gasteiger partial charge >= 0.3 is 0 Å². The van der Waals surface area contributed by atoms with Gasteiger partial charge in [0.2, 0.25) is 5.91 Å². The lowest BCUT2D eigenvalue weighted by atomic mass is 10.1. The molecule has 174 valence electrons. The molecule has 1 heterocycles. The molecule has 0 aromatic heterocycles. The minimum atomic E-state index is 0. The van der Waals surface area contributed by atoms with E-state index in [1.165, 1.54) is 0 Å². The van der Waals surface area contributed by atoms with Gasteiger partial charge in [-0.2, -0.15) is 0 Å². The summed E-state index contributed by atoms with van der Waals surface area (Å²) in [5.74, 6) is 1.90. The summed E-state index contributed by atoms with van der Waals surface area (Å²) in [7, 11) is 0. The van der Waals surface area contributed by atoms with Crippen molar-refractivity contribution < 1.29 is 9.53 Å². The van der Waals surface area contributed by atoms with Crippen molar-refractivity contribution in [2.24, 2.45) is 10.9 Å². The van der Waals surface area contributed by atoms with Gasteiger partial charge in [-0.05, 0) is 36.6 Å². The van der Waals surface area contributed by atoms with Gasteiger partial charge in [-0.3, -0.25) is 4.79 Å². The number of likely N-dealkylation sites (tertiary alicyclic amines) is 1. The molecule has 2 N–H and O–H groups in total. The molecule has 2 aromatic carbocycles. The fourth-order valence-electron chi connectivity index (χ4n) is 3.65. The lowest BCUT2D eigenvalue weighted by molar-refractivity contribution is -0.133. The summed E-state index contributed by atoms with van der Waals surface area (Å²) in [5, 5.41) is 6.83. The summed E-state index contributed by atoms with van der Waals surface area (Å²) < 4.78 is 5.93. The second kappa shape index (κ2) is 13.3. The number of ether oxygens (including phenoxy) is 1. The van der Waals surface area contributed by atoms with Crippen molar-refractivity contribution in [2.45, 2.75) is 46.4 Å². The average Bonchev–Trinajstić information content (AvgIpc) is 3.25. The quantitative estimate of drug-likeness (QED) is 0.294. The van der Waals surface area contributed by atoms with E-state index in [2.05, 4.69) is 29.7 Å². The monoisotopic (exact) mass is 550 g/mol. The van der Waals surface area contributed by atoms with Crippen LogP contribution in [0, 0.1) is 5.92 Å². The maximum Gasteiger partial charge on any atom is 0.225 e. The Balaban J connectivity index is 0.00000363. The van der Waals surface area contributed by atoms with Crippen LogP contribution in [0.15, 0.2) is 59.6 Å². The van der Waals surface area contributed by atoms with Crippen molar-refractivity contribution in [3.05, 3.63) is 65.7 Å². The Morgan fingerprint density at radius 2 is 1.81 bits per heavy atom. The minimum Gasteiger partial charge on any atom is -0.489 e. The van der Waals surface area contributed by atoms with Crippen molar-refractivity contribution in [1.82, 2.24) is 15.5 Å². The fraction of sp³-hybridized carbons (Fsp3) is 0.440. The third kappa shape index (κ3) is 7.69. The molecular weight excluding hydrogens is 515 g/mol. The number of carbonyl (C=O) groups is 1. The van der Waals surface area contributed by atoms with Crippen LogP contribution >= 0.6 is 24.0 Å². The molecule has 1 aliphatic heterocycles. The second-order valence-corrected chi connectivity index (χ2v) is 8.13. The Bertz CT molecular complexity index is 873. The summed E-state index contributed by atoms with van der Waals surface area (Å²) in [4.78, 5) is 19.0. The molecule has 0 saturated carbocycles. The molecule has 1 saturated heterocycles. The molecule has 0 bridgehead atoms. The van der Waals surface area contributed by atoms with Crippen LogP contribution in [0.25, 0.3) is 0 Å². The highest BCUT2D eigenvalue weighted by molar-refractivity contribution is 14.0. The van der Waals surface area contributed by atoms with E-state index in [4.69, 9.17) is 9.73 Å². The van der Waals surface area contributed by atoms with Gasteiger partial charge in [0, 0.05) is 31.6 Å². The van der Waals surface area contributed by atoms with Gasteiger partial charge in [0.05, 0.1) is 6.54 Å². The number of nitrogens with one attached hydrogen (secondary N) is 2. The number of hydrogen-bond donors (Lipinski definition) is 2. The molecule has 1 atom stereocenters. The highest BCUT2D eigenvalue weighted by Crippen LogP contribution is 2.16. The first-order valence-corrected chi connectivity index (χ1v) is 11.1. The Kier molecular flexibility index (Phi) is 10.8. The van der Waals surface area contributed by atoms with E-state index in [1.54, 1.807) is 0 Å². The van der Waals surface area contributed by atoms with Crippen molar-refractivity contribution in [2.75, 3.05) is 19.6 Å².